The summed E-state index contributed by atoms with van der Waals surface area (Å²) in [5.41, 5.74) is 9.45. The summed E-state index contributed by atoms with van der Waals surface area (Å²) in [5, 5.41) is 0. The molecular formula is C16H25N. The lowest BCUT2D eigenvalue weighted by Gasteiger charge is -2.39. The van der Waals surface area contributed by atoms with Gasteiger partial charge in [-0.15, -0.1) is 0 Å². The molecule has 0 aliphatic heterocycles. The molecule has 2 atom stereocenters. The zero-order valence-electron chi connectivity index (χ0n) is 11.2. The summed E-state index contributed by atoms with van der Waals surface area (Å²) in [6, 6.07) is 9.00. The molecule has 2 rings (SSSR count). The van der Waals surface area contributed by atoms with E-state index in [0.29, 0.717) is 5.92 Å². The molecule has 0 bridgehead atoms. The van der Waals surface area contributed by atoms with Crippen LogP contribution in [-0.4, -0.2) is 5.54 Å². The first-order valence-corrected chi connectivity index (χ1v) is 7.01. The second kappa shape index (κ2) is 5.22. The molecule has 1 nitrogen and oxygen atoms in total. The van der Waals surface area contributed by atoms with Crippen LogP contribution in [0.5, 0.6) is 0 Å². The van der Waals surface area contributed by atoms with Crippen LogP contribution in [0, 0.1) is 5.92 Å². The second-order valence-electron chi connectivity index (χ2n) is 5.73. The second-order valence-corrected chi connectivity index (χ2v) is 5.73. The molecule has 0 spiro atoms. The lowest BCUT2D eigenvalue weighted by atomic mass is 9.71. The van der Waals surface area contributed by atoms with E-state index in [4.69, 9.17) is 5.73 Å². The minimum Gasteiger partial charge on any atom is -0.325 e. The Morgan fingerprint density at radius 3 is 2.41 bits per heavy atom. The van der Waals surface area contributed by atoms with E-state index in [9.17, 15) is 0 Å². The molecule has 1 heteroatoms. The fraction of sp³-hybridized carbons (Fsp3) is 0.625. The van der Waals surface area contributed by atoms with Gasteiger partial charge in [-0.3, -0.25) is 0 Å². The Labute approximate surface area is 105 Å². The largest absolute Gasteiger partial charge is 0.325 e. The summed E-state index contributed by atoms with van der Waals surface area (Å²) in [7, 11) is 0. The first-order chi connectivity index (χ1) is 8.14. The Morgan fingerprint density at radius 2 is 1.82 bits per heavy atom. The highest BCUT2D eigenvalue weighted by Crippen LogP contribution is 2.34. The average molecular weight is 231 g/mol. The van der Waals surface area contributed by atoms with Gasteiger partial charge >= 0.3 is 0 Å². The summed E-state index contributed by atoms with van der Waals surface area (Å²) < 4.78 is 0. The number of hydrogen-bond acceptors (Lipinski definition) is 1. The van der Waals surface area contributed by atoms with E-state index in [0.717, 1.165) is 12.8 Å². The van der Waals surface area contributed by atoms with Gasteiger partial charge in [-0.25, -0.2) is 0 Å². The highest BCUT2D eigenvalue weighted by molar-refractivity contribution is 5.24. The maximum atomic E-state index is 6.61. The van der Waals surface area contributed by atoms with Crippen LogP contribution in [0.25, 0.3) is 0 Å². The van der Waals surface area contributed by atoms with Crippen molar-refractivity contribution >= 4 is 0 Å². The van der Waals surface area contributed by atoms with Gasteiger partial charge in [-0.2, -0.15) is 0 Å². The van der Waals surface area contributed by atoms with Crippen molar-refractivity contribution in [1.82, 2.24) is 0 Å². The summed E-state index contributed by atoms with van der Waals surface area (Å²) in [6.45, 7) is 4.52. The van der Waals surface area contributed by atoms with Gasteiger partial charge in [0, 0.05) is 5.54 Å². The number of aryl methyl sites for hydroxylation is 1. The van der Waals surface area contributed by atoms with Gasteiger partial charge in [-0.1, -0.05) is 51.0 Å². The Kier molecular flexibility index (Phi) is 3.88. The smallest absolute Gasteiger partial charge is 0.0221 e. The third kappa shape index (κ3) is 2.90. The van der Waals surface area contributed by atoms with Gasteiger partial charge in [0.05, 0.1) is 0 Å². The molecule has 0 amide bonds. The molecule has 1 aromatic rings. The van der Waals surface area contributed by atoms with Gasteiger partial charge in [0.1, 0.15) is 0 Å². The van der Waals surface area contributed by atoms with Crippen LogP contribution in [0.15, 0.2) is 24.3 Å². The standard InChI is InChI=1S/C16H25N/c1-3-14-7-9-15(10-8-14)12-16(17)11-5-4-6-13(16)2/h7-10,13H,3-6,11-12,17H2,1-2H3. The van der Waals surface area contributed by atoms with Crippen molar-refractivity contribution in [2.75, 3.05) is 0 Å². The Hall–Kier alpha value is -0.820. The predicted molar refractivity (Wildman–Crippen MR) is 74.1 cm³/mol. The number of hydrogen-bond donors (Lipinski definition) is 1. The van der Waals surface area contributed by atoms with Crippen LogP contribution < -0.4 is 5.73 Å². The third-order valence-corrected chi connectivity index (χ3v) is 4.48. The van der Waals surface area contributed by atoms with Crippen molar-refractivity contribution in [3.63, 3.8) is 0 Å². The van der Waals surface area contributed by atoms with E-state index in [-0.39, 0.29) is 5.54 Å². The van der Waals surface area contributed by atoms with Gasteiger partial charge in [-0.05, 0) is 42.7 Å². The fourth-order valence-electron chi connectivity index (χ4n) is 2.97. The van der Waals surface area contributed by atoms with Crippen molar-refractivity contribution in [3.8, 4) is 0 Å². The molecule has 1 fully saturated rings. The normalized spacial score (nSPS) is 29.2. The molecule has 2 unspecified atom stereocenters. The van der Waals surface area contributed by atoms with Crippen molar-refractivity contribution in [2.24, 2.45) is 11.7 Å². The van der Waals surface area contributed by atoms with Crippen LogP contribution in [-0.2, 0) is 12.8 Å². The SMILES string of the molecule is CCc1ccc(CC2(N)CCCCC2C)cc1. The highest BCUT2D eigenvalue weighted by Gasteiger charge is 2.34. The van der Waals surface area contributed by atoms with E-state index in [2.05, 4.69) is 38.1 Å². The number of nitrogens with two attached hydrogens (primary N) is 1. The molecule has 94 valence electrons. The number of benzene rings is 1. The van der Waals surface area contributed by atoms with Crippen LogP contribution in [0.3, 0.4) is 0 Å². The molecule has 1 aliphatic rings. The third-order valence-electron chi connectivity index (χ3n) is 4.48. The Balaban J connectivity index is 2.07. The quantitative estimate of drug-likeness (QED) is 0.843. The minimum atomic E-state index is 0.0337. The number of rotatable bonds is 3. The monoisotopic (exact) mass is 231 g/mol. The molecule has 2 N–H and O–H groups in total. The predicted octanol–water partition coefficient (Wildman–Crippen LogP) is 3.70. The zero-order chi connectivity index (χ0) is 12.3. The molecule has 1 aromatic carbocycles. The zero-order valence-corrected chi connectivity index (χ0v) is 11.2. The lowest BCUT2D eigenvalue weighted by molar-refractivity contribution is 0.204. The van der Waals surface area contributed by atoms with Gasteiger partial charge in [0.15, 0.2) is 0 Å². The van der Waals surface area contributed by atoms with Crippen molar-refractivity contribution in [3.05, 3.63) is 35.4 Å². The average Bonchev–Trinajstić information content (AvgIpc) is 2.34. The van der Waals surface area contributed by atoms with Crippen LogP contribution in [0.1, 0.15) is 50.7 Å². The molecule has 0 radical (unpaired) electrons. The topological polar surface area (TPSA) is 26.0 Å². The van der Waals surface area contributed by atoms with E-state index >= 15 is 0 Å². The Morgan fingerprint density at radius 1 is 1.18 bits per heavy atom. The van der Waals surface area contributed by atoms with E-state index in [1.165, 1.54) is 36.8 Å². The molecule has 0 heterocycles. The van der Waals surface area contributed by atoms with Crippen molar-refractivity contribution in [2.45, 2.75) is 57.9 Å². The van der Waals surface area contributed by atoms with Crippen LogP contribution >= 0.6 is 0 Å². The van der Waals surface area contributed by atoms with Crippen LogP contribution in [0.2, 0.25) is 0 Å². The lowest BCUT2D eigenvalue weighted by Crippen LogP contribution is -2.49. The fourth-order valence-corrected chi connectivity index (χ4v) is 2.97. The van der Waals surface area contributed by atoms with Gasteiger partial charge in [0.25, 0.3) is 0 Å². The molecule has 0 saturated heterocycles. The first-order valence-electron chi connectivity index (χ1n) is 7.01. The maximum absolute atomic E-state index is 6.61. The molecule has 1 aliphatic carbocycles. The molecule has 17 heavy (non-hydrogen) atoms. The van der Waals surface area contributed by atoms with Crippen molar-refractivity contribution < 1.29 is 0 Å². The van der Waals surface area contributed by atoms with E-state index in [1.54, 1.807) is 0 Å². The Bertz CT molecular complexity index is 354. The van der Waals surface area contributed by atoms with Gasteiger partial charge in [0.2, 0.25) is 0 Å². The van der Waals surface area contributed by atoms with Gasteiger partial charge < -0.3 is 5.73 Å². The minimum absolute atomic E-state index is 0.0337. The molecular weight excluding hydrogens is 206 g/mol. The molecule has 0 aromatic heterocycles. The first kappa shape index (κ1) is 12.6. The van der Waals surface area contributed by atoms with Crippen molar-refractivity contribution in [1.29, 1.82) is 0 Å². The summed E-state index contributed by atoms with van der Waals surface area (Å²) in [5.74, 6) is 0.655. The summed E-state index contributed by atoms with van der Waals surface area (Å²) in [4.78, 5) is 0. The maximum Gasteiger partial charge on any atom is 0.0221 e. The summed E-state index contributed by atoms with van der Waals surface area (Å²) >= 11 is 0. The molecule has 1 saturated carbocycles. The van der Waals surface area contributed by atoms with Crippen LogP contribution in [0.4, 0.5) is 0 Å². The summed E-state index contributed by atoms with van der Waals surface area (Å²) in [6.07, 6.45) is 7.29. The highest BCUT2D eigenvalue weighted by atomic mass is 14.8. The van der Waals surface area contributed by atoms with E-state index in [1.807, 2.05) is 0 Å². The van der Waals surface area contributed by atoms with E-state index < -0.39 is 0 Å².